The first-order chi connectivity index (χ1) is 15.9. The molecule has 1 saturated heterocycles. The maximum absolute atomic E-state index is 14.8. The number of fused-ring (bicyclic) bond motifs is 6. The number of pyridine rings is 1. The van der Waals surface area contributed by atoms with Gasteiger partial charge in [0.25, 0.3) is 0 Å². The lowest BCUT2D eigenvalue weighted by Gasteiger charge is -2.42. The van der Waals surface area contributed by atoms with E-state index in [4.69, 9.17) is 5.26 Å². The Morgan fingerprint density at radius 1 is 1.24 bits per heavy atom. The second-order valence-corrected chi connectivity index (χ2v) is 10.5. The number of nitriles is 1. The molecule has 33 heavy (non-hydrogen) atoms. The van der Waals surface area contributed by atoms with Crippen molar-refractivity contribution in [3.8, 4) is 17.9 Å². The van der Waals surface area contributed by atoms with Crippen LogP contribution in [0.2, 0.25) is 0 Å². The standard InChI is InChI=1S/C28H26FN3O/c1-18-16-32(26(33)27-8-10-28(29,17-27)11-9-27)25-22-15-31-14-21(24(22)23(18)25)6-5-19-3-2-4-20(13-19)7-12-30/h2-4,13-15,18,23,25H,7-11,16-17H2,1H3/t18-,23?,25+,27?,28?/m0/s1. The highest BCUT2D eigenvalue weighted by atomic mass is 19.1. The number of hydrogen-bond acceptors (Lipinski definition) is 3. The van der Waals surface area contributed by atoms with Crippen molar-refractivity contribution < 1.29 is 9.18 Å². The molecule has 0 N–H and O–H groups in total. The van der Waals surface area contributed by atoms with E-state index >= 15 is 0 Å². The fourth-order valence-electron chi connectivity index (χ4n) is 6.87. The molecule has 4 aliphatic rings. The molecule has 1 aromatic carbocycles. The predicted molar refractivity (Wildman–Crippen MR) is 122 cm³/mol. The summed E-state index contributed by atoms with van der Waals surface area (Å²) in [7, 11) is 0. The third-order valence-electron chi connectivity index (χ3n) is 8.47. The average Bonchev–Trinajstić information content (AvgIpc) is 3.42. The monoisotopic (exact) mass is 439 g/mol. The number of likely N-dealkylation sites (tertiary alicyclic amines) is 1. The van der Waals surface area contributed by atoms with Gasteiger partial charge in [-0.15, -0.1) is 0 Å². The van der Waals surface area contributed by atoms with Crippen molar-refractivity contribution in [3.05, 3.63) is 64.5 Å². The first-order valence-electron chi connectivity index (χ1n) is 11.9. The van der Waals surface area contributed by atoms with E-state index in [2.05, 4.69) is 29.8 Å². The van der Waals surface area contributed by atoms with Crippen LogP contribution < -0.4 is 0 Å². The van der Waals surface area contributed by atoms with Gasteiger partial charge in [0.15, 0.2) is 0 Å². The molecule has 5 heteroatoms. The first kappa shape index (κ1) is 20.4. The van der Waals surface area contributed by atoms with Gasteiger partial charge in [0.2, 0.25) is 5.91 Å². The summed E-state index contributed by atoms with van der Waals surface area (Å²) in [6.45, 7) is 2.92. The zero-order valence-electron chi connectivity index (χ0n) is 18.8. The molecule has 1 amide bonds. The lowest BCUT2D eigenvalue weighted by atomic mass is 9.68. The fraction of sp³-hybridized carbons (Fsp3) is 0.464. The van der Waals surface area contributed by atoms with E-state index in [9.17, 15) is 9.18 Å². The number of amides is 1. The van der Waals surface area contributed by atoms with Gasteiger partial charge in [-0.25, -0.2) is 4.39 Å². The van der Waals surface area contributed by atoms with E-state index in [-0.39, 0.29) is 17.9 Å². The van der Waals surface area contributed by atoms with Crippen molar-refractivity contribution in [2.24, 2.45) is 11.3 Å². The summed E-state index contributed by atoms with van der Waals surface area (Å²) in [5, 5.41) is 8.94. The summed E-state index contributed by atoms with van der Waals surface area (Å²) in [6, 6.07) is 9.98. The largest absolute Gasteiger partial charge is 0.334 e. The average molecular weight is 440 g/mol. The number of carbonyl (C=O) groups is 1. The molecule has 3 aliphatic carbocycles. The number of hydrogen-bond donors (Lipinski definition) is 0. The van der Waals surface area contributed by atoms with Gasteiger partial charge in [-0.2, -0.15) is 5.26 Å². The van der Waals surface area contributed by atoms with Crippen molar-refractivity contribution in [3.63, 3.8) is 0 Å². The molecule has 2 heterocycles. The predicted octanol–water partition coefficient (Wildman–Crippen LogP) is 4.84. The molecule has 3 fully saturated rings. The Balaban J connectivity index is 1.30. The molecule has 6 rings (SSSR count). The van der Waals surface area contributed by atoms with Crippen LogP contribution in [0.5, 0.6) is 0 Å². The molecule has 2 saturated carbocycles. The molecule has 1 unspecified atom stereocenters. The van der Waals surface area contributed by atoms with Gasteiger partial charge in [0, 0.05) is 36.0 Å². The maximum Gasteiger partial charge on any atom is 0.229 e. The Morgan fingerprint density at radius 3 is 2.79 bits per heavy atom. The van der Waals surface area contributed by atoms with Gasteiger partial charge in [-0.1, -0.05) is 30.9 Å². The zero-order valence-corrected chi connectivity index (χ0v) is 18.8. The summed E-state index contributed by atoms with van der Waals surface area (Å²) in [6.07, 6.45) is 6.92. The Kier molecular flexibility index (Phi) is 4.43. The summed E-state index contributed by atoms with van der Waals surface area (Å²) in [5.74, 6) is 7.30. The molecule has 4 nitrogen and oxygen atoms in total. The Hall–Kier alpha value is -3.18. The van der Waals surface area contributed by atoms with E-state index in [1.165, 1.54) is 5.56 Å². The molecule has 0 radical (unpaired) electrons. The topological polar surface area (TPSA) is 57.0 Å². The van der Waals surface area contributed by atoms with Crippen LogP contribution in [0.4, 0.5) is 4.39 Å². The van der Waals surface area contributed by atoms with Crippen molar-refractivity contribution in [1.82, 2.24) is 9.88 Å². The first-order valence-corrected chi connectivity index (χ1v) is 11.9. The van der Waals surface area contributed by atoms with Crippen LogP contribution in [-0.2, 0) is 11.2 Å². The van der Waals surface area contributed by atoms with Gasteiger partial charge in [-0.05, 0) is 66.8 Å². The Morgan fingerprint density at radius 2 is 2.06 bits per heavy atom. The van der Waals surface area contributed by atoms with Crippen LogP contribution >= 0.6 is 0 Å². The van der Waals surface area contributed by atoms with Crippen LogP contribution in [0.25, 0.3) is 0 Å². The van der Waals surface area contributed by atoms with Crippen LogP contribution in [-0.4, -0.2) is 28.0 Å². The molecular formula is C28H26FN3O. The fourth-order valence-corrected chi connectivity index (χ4v) is 6.87. The van der Waals surface area contributed by atoms with Crippen molar-refractivity contribution >= 4 is 5.91 Å². The third kappa shape index (κ3) is 3.02. The van der Waals surface area contributed by atoms with E-state index in [1.54, 1.807) is 0 Å². The van der Waals surface area contributed by atoms with Gasteiger partial charge >= 0.3 is 0 Å². The number of rotatable bonds is 2. The minimum absolute atomic E-state index is 0.0419. The molecular weight excluding hydrogens is 413 g/mol. The van der Waals surface area contributed by atoms with Crippen LogP contribution in [0.3, 0.4) is 0 Å². The van der Waals surface area contributed by atoms with Crippen molar-refractivity contribution in [2.45, 2.75) is 63.1 Å². The SMILES string of the molecule is C[C@H]1CN(C(=O)C23CCC(F)(CC2)C3)[C@@H]2c3cncc(C#Cc4cccc(CC#N)c4)c3C21. The Bertz CT molecular complexity index is 1260. The minimum atomic E-state index is -1.12. The van der Waals surface area contributed by atoms with E-state index in [1.807, 2.05) is 41.6 Å². The van der Waals surface area contributed by atoms with Crippen LogP contribution in [0, 0.1) is 34.5 Å². The lowest BCUT2D eigenvalue weighted by Crippen LogP contribution is -2.44. The van der Waals surface area contributed by atoms with Crippen LogP contribution in [0.1, 0.15) is 78.8 Å². The highest BCUT2D eigenvalue weighted by Crippen LogP contribution is 2.63. The second kappa shape index (κ2) is 7.16. The molecule has 1 aromatic heterocycles. The smallest absolute Gasteiger partial charge is 0.229 e. The van der Waals surface area contributed by atoms with Gasteiger partial charge in [-0.3, -0.25) is 9.78 Å². The van der Waals surface area contributed by atoms with E-state index in [0.717, 1.165) is 22.3 Å². The number of carbonyl (C=O) groups excluding carboxylic acids is 1. The summed E-state index contributed by atoms with van der Waals surface area (Å²) in [4.78, 5) is 20.2. The zero-order chi connectivity index (χ0) is 22.8. The number of aromatic nitrogens is 1. The normalized spacial score (nSPS) is 32.9. The lowest BCUT2D eigenvalue weighted by molar-refractivity contribution is -0.143. The van der Waals surface area contributed by atoms with Crippen molar-refractivity contribution in [1.29, 1.82) is 5.26 Å². The number of nitrogens with zero attached hydrogens (tertiary/aromatic N) is 3. The van der Waals surface area contributed by atoms with Gasteiger partial charge < -0.3 is 4.90 Å². The highest BCUT2D eigenvalue weighted by molar-refractivity contribution is 5.85. The maximum atomic E-state index is 14.8. The van der Waals surface area contributed by atoms with E-state index in [0.29, 0.717) is 51.0 Å². The molecule has 2 bridgehead atoms. The number of halogens is 1. The summed E-state index contributed by atoms with van der Waals surface area (Å²) < 4.78 is 14.8. The highest BCUT2D eigenvalue weighted by Gasteiger charge is 2.62. The number of benzene rings is 1. The molecule has 0 spiro atoms. The Labute approximate surface area is 193 Å². The molecule has 1 aliphatic heterocycles. The third-order valence-corrected chi connectivity index (χ3v) is 8.47. The van der Waals surface area contributed by atoms with Gasteiger partial charge in [0.1, 0.15) is 5.67 Å². The second-order valence-electron chi connectivity index (χ2n) is 10.5. The van der Waals surface area contributed by atoms with Crippen molar-refractivity contribution in [2.75, 3.05) is 6.54 Å². The molecule has 3 atom stereocenters. The summed E-state index contributed by atoms with van der Waals surface area (Å²) in [5.41, 5.74) is 3.46. The quantitative estimate of drug-likeness (QED) is 0.630. The number of alkyl halides is 1. The molecule has 2 aromatic rings. The van der Waals surface area contributed by atoms with Crippen LogP contribution in [0.15, 0.2) is 36.7 Å². The molecule has 166 valence electrons. The minimum Gasteiger partial charge on any atom is -0.334 e. The van der Waals surface area contributed by atoms with E-state index < -0.39 is 11.1 Å². The summed E-state index contributed by atoms with van der Waals surface area (Å²) >= 11 is 0. The van der Waals surface area contributed by atoms with Gasteiger partial charge in [0.05, 0.1) is 23.9 Å².